The monoisotopic (exact) mass is 462 g/mol. The number of hydrogen-bond donors (Lipinski definition) is 2. The average molecular weight is 463 g/mol. The Labute approximate surface area is 191 Å². The van der Waals surface area contributed by atoms with Crippen molar-refractivity contribution in [2.24, 2.45) is 0 Å². The molecule has 0 aliphatic heterocycles. The van der Waals surface area contributed by atoms with Crippen molar-refractivity contribution in [3.05, 3.63) is 110 Å². The fourth-order valence-electron chi connectivity index (χ4n) is 3.35. The number of amides is 1. The number of hydrogen-bond acceptors (Lipinski definition) is 6. The number of nitrogens with one attached hydrogen (secondary N) is 2. The van der Waals surface area contributed by atoms with E-state index >= 15 is 0 Å². The zero-order valence-electron chi connectivity index (χ0n) is 16.8. The topological polar surface area (TPSA) is 127 Å². The van der Waals surface area contributed by atoms with Gasteiger partial charge in [0.1, 0.15) is 5.69 Å². The van der Waals surface area contributed by atoms with E-state index in [4.69, 9.17) is 11.6 Å². The maximum Gasteiger partial charge on any atom is 0.300 e. The molecule has 0 aromatic heterocycles. The number of fused-ring (bicyclic) bond motifs is 1. The summed E-state index contributed by atoms with van der Waals surface area (Å²) in [6.45, 7) is 0. The second kappa shape index (κ2) is 8.93. The standard InChI is InChI=1S/C23H15ClN4O5/c24-15-7-11-17(12-8-15)26-23(29)14-5-9-16(10-6-14)25-22-19-4-2-1-3-18(19)20(27(30)31)13-21(22)28(32)33/h1-13,25H,(H,26,29). The minimum absolute atomic E-state index is 0.125. The van der Waals surface area contributed by atoms with E-state index in [1.807, 2.05) is 0 Å². The number of nitro groups is 2. The molecule has 0 aliphatic carbocycles. The van der Waals surface area contributed by atoms with Crippen molar-refractivity contribution in [1.29, 1.82) is 0 Å². The first kappa shape index (κ1) is 21.7. The minimum Gasteiger partial charge on any atom is -0.349 e. The summed E-state index contributed by atoms with van der Waals surface area (Å²) in [5.41, 5.74) is 0.778. The van der Waals surface area contributed by atoms with Gasteiger partial charge in [0.05, 0.1) is 21.3 Å². The summed E-state index contributed by atoms with van der Waals surface area (Å²) in [6, 6.07) is 20.3. The number of nitrogens with zero attached hydrogens (tertiary/aromatic N) is 2. The van der Waals surface area contributed by atoms with E-state index in [2.05, 4.69) is 10.6 Å². The zero-order chi connectivity index (χ0) is 23.5. The van der Waals surface area contributed by atoms with Crippen molar-refractivity contribution >= 4 is 56.7 Å². The quantitative estimate of drug-likeness (QED) is 0.255. The minimum atomic E-state index is -0.671. The van der Waals surface area contributed by atoms with Gasteiger partial charge >= 0.3 is 0 Å². The van der Waals surface area contributed by atoms with Gasteiger partial charge in [-0.3, -0.25) is 25.0 Å². The normalized spacial score (nSPS) is 10.6. The molecule has 0 saturated carbocycles. The number of halogens is 1. The Morgan fingerprint density at radius 3 is 1.94 bits per heavy atom. The molecule has 0 aliphatic rings. The molecule has 9 nitrogen and oxygen atoms in total. The lowest BCUT2D eigenvalue weighted by Gasteiger charge is -2.12. The Morgan fingerprint density at radius 1 is 0.758 bits per heavy atom. The number of non-ortho nitro benzene ring substituents is 1. The van der Waals surface area contributed by atoms with Gasteiger partial charge in [0.25, 0.3) is 17.3 Å². The molecule has 0 fully saturated rings. The summed E-state index contributed by atoms with van der Waals surface area (Å²) in [6.07, 6.45) is 0. The highest BCUT2D eigenvalue weighted by Crippen LogP contribution is 2.40. The molecule has 0 saturated heterocycles. The van der Waals surface area contributed by atoms with Crippen LogP contribution in [-0.4, -0.2) is 15.8 Å². The molecule has 4 aromatic carbocycles. The molecule has 0 unspecified atom stereocenters. The second-order valence-corrected chi connectivity index (χ2v) is 7.45. The van der Waals surface area contributed by atoms with Crippen LogP contribution < -0.4 is 10.6 Å². The van der Waals surface area contributed by atoms with Gasteiger partial charge in [0.2, 0.25) is 0 Å². The lowest BCUT2D eigenvalue weighted by Crippen LogP contribution is -2.11. The van der Waals surface area contributed by atoms with E-state index in [-0.39, 0.29) is 22.7 Å². The van der Waals surface area contributed by atoms with E-state index in [1.54, 1.807) is 66.7 Å². The van der Waals surface area contributed by atoms with E-state index in [0.29, 0.717) is 27.3 Å². The molecule has 0 radical (unpaired) electrons. The van der Waals surface area contributed by atoms with E-state index < -0.39 is 15.5 Å². The van der Waals surface area contributed by atoms with Crippen LogP contribution in [0.15, 0.2) is 78.9 Å². The van der Waals surface area contributed by atoms with E-state index in [0.717, 1.165) is 6.07 Å². The lowest BCUT2D eigenvalue weighted by atomic mass is 10.0. The van der Waals surface area contributed by atoms with Gasteiger partial charge in [-0.05, 0) is 54.6 Å². The van der Waals surface area contributed by atoms with Gasteiger partial charge in [0.15, 0.2) is 0 Å². The Hall–Kier alpha value is -4.50. The number of carbonyl (C=O) groups excluding carboxylic acids is 1. The number of anilines is 3. The SMILES string of the molecule is O=C(Nc1ccc(Cl)cc1)c1ccc(Nc2c([N+](=O)[O-])cc([N+](=O)[O-])c3ccccc23)cc1. The van der Waals surface area contributed by atoms with Crippen LogP contribution in [0.5, 0.6) is 0 Å². The van der Waals surface area contributed by atoms with Gasteiger partial charge in [-0.15, -0.1) is 0 Å². The highest BCUT2D eigenvalue weighted by molar-refractivity contribution is 6.30. The van der Waals surface area contributed by atoms with Crippen LogP contribution in [-0.2, 0) is 0 Å². The Morgan fingerprint density at radius 2 is 1.33 bits per heavy atom. The van der Waals surface area contributed by atoms with Gasteiger partial charge in [-0.1, -0.05) is 29.8 Å². The van der Waals surface area contributed by atoms with Crippen molar-refractivity contribution in [1.82, 2.24) is 0 Å². The largest absolute Gasteiger partial charge is 0.349 e. The summed E-state index contributed by atoms with van der Waals surface area (Å²) >= 11 is 5.85. The molecule has 0 spiro atoms. The molecule has 33 heavy (non-hydrogen) atoms. The first-order valence-electron chi connectivity index (χ1n) is 9.62. The number of carbonyl (C=O) groups is 1. The molecule has 0 bridgehead atoms. The van der Waals surface area contributed by atoms with Crippen LogP contribution in [0.4, 0.5) is 28.4 Å². The zero-order valence-corrected chi connectivity index (χ0v) is 17.6. The van der Waals surface area contributed by atoms with Gasteiger partial charge in [-0.25, -0.2) is 0 Å². The first-order valence-corrected chi connectivity index (χ1v) is 10.00. The fourth-order valence-corrected chi connectivity index (χ4v) is 3.48. The third-order valence-corrected chi connectivity index (χ3v) is 5.17. The second-order valence-electron chi connectivity index (χ2n) is 7.01. The van der Waals surface area contributed by atoms with Crippen LogP contribution in [0.25, 0.3) is 10.8 Å². The predicted octanol–water partition coefficient (Wildman–Crippen LogP) is 6.31. The Bertz CT molecular complexity index is 1390. The molecule has 4 rings (SSSR count). The van der Waals surface area contributed by atoms with Crippen molar-refractivity contribution in [3.63, 3.8) is 0 Å². The van der Waals surface area contributed by atoms with Gasteiger partial charge in [-0.2, -0.15) is 0 Å². The van der Waals surface area contributed by atoms with Crippen LogP contribution in [0.1, 0.15) is 10.4 Å². The van der Waals surface area contributed by atoms with Crippen molar-refractivity contribution in [2.75, 3.05) is 10.6 Å². The summed E-state index contributed by atoms with van der Waals surface area (Å²) < 4.78 is 0. The van der Waals surface area contributed by atoms with Crippen LogP contribution >= 0.6 is 11.6 Å². The van der Waals surface area contributed by atoms with Crippen molar-refractivity contribution < 1.29 is 14.6 Å². The highest BCUT2D eigenvalue weighted by Gasteiger charge is 2.25. The van der Waals surface area contributed by atoms with Crippen LogP contribution in [0.3, 0.4) is 0 Å². The summed E-state index contributed by atoms with van der Waals surface area (Å²) in [5.74, 6) is -0.337. The molecule has 1 amide bonds. The molecule has 4 aromatic rings. The number of rotatable bonds is 6. The van der Waals surface area contributed by atoms with Gasteiger partial charge < -0.3 is 10.6 Å². The Balaban J connectivity index is 1.65. The third-order valence-electron chi connectivity index (χ3n) is 4.91. The van der Waals surface area contributed by atoms with E-state index in [1.165, 1.54) is 6.07 Å². The molecule has 0 heterocycles. The molecule has 10 heteroatoms. The maximum atomic E-state index is 12.5. The summed E-state index contributed by atoms with van der Waals surface area (Å²) in [5, 5.41) is 30.0. The van der Waals surface area contributed by atoms with Gasteiger partial charge in [0, 0.05) is 27.3 Å². The smallest absolute Gasteiger partial charge is 0.300 e. The molecule has 2 N–H and O–H groups in total. The predicted molar refractivity (Wildman–Crippen MR) is 126 cm³/mol. The summed E-state index contributed by atoms with van der Waals surface area (Å²) in [7, 11) is 0. The molecular weight excluding hydrogens is 448 g/mol. The first-order chi connectivity index (χ1) is 15.8. The average Bonchev–Trinajstić information content (AvgIpc) is 2.80. The van der Waals surface area contributed by atoms with Crippen molar-refractivity contribution in [2.45, 2.75) is 0 Å². The highest BCUT2D eigenvalue weighted by atomic mass is 35.5. The maximum absolute atomic E-state index is 12.5. The molecular formula is C23H15ClN4O5. The number of benzene rings is 4. The van der Waals surface area contributed by atoms with Crippen LogP contribution in [0, 0.1) is 20.2 Å². The lowest BCUT2D eigenvalue weighted by molar-refractivity contribution is -0.392. The van der Waals surface area contributed by atoms with E-state index in [9.17, 15) is 25.0 Å². The summed E-state index contributed by atoms with van der Waals surface area (Å²) in [4.78, 5) is 34.2. The Kier molecular flexibility index (Phi) is 5.88. The molecule has 0 atom stereocenters. The van der Waals surface area contributed by atoms with Crippen molar-refractivity contribution in [3.8, 4) is 0 Å². The van der Waals surface area contributed by atoms with Crippen LogP contribution in [0.2, 0.25) is 5.02 Å². The third kappa shape index (κ3) is 4.58. The molecule has 164 valence electrons. The fraction of sp³-hybridized carbons (Fsp3) is 0. The number of nitro benzene ring substituents is 2.